The van der Waals surface area contributed by atoms with Gasteiger partial charge in [-0.2, -0.15) is 0 Å². The molecule has 0 aromatic heterocycles. The fourth-order valence-corrected chi connectivity index (χ4v) is 2.81. The van der Waals surface area contributed by atoms with Crippen LogP contribution in [0.3, 0.4) is 0 Å². The van der Waals surface area contributed by atoms with Gasteiger partial charge < -0.3 is 20.3 Å². The summed E-state index contributed by atoms with van der Waals surface area (Å²) in [6.07, 6.45) is -0.175. The second kappa shape index (κ2) is 9.58. The van der Waals surface area contributed by atoms with E-state index in [1.54, 1.807) is 18.2 Å². The molecule has 0 spiro atoms. The van der Waals surface area contributed by atoms with Crippen LogP contribution >= 0.6 is 0 Å². The number of aliphatic carboxylic acids is 1. The number of nitrogens with two attached hydrogens (primary N) is 1. The number of carboxylic acid groups (broad SMARTS) is 1. The lowest BCUT2D eigenvalue weighted by atomic mass is 10.0. The highest BCUT2D eigenvalue weighted by Crippen LogP contribution is 2.31. The highest BCUT2D eigenvalue weighted by atomic mass is 16.5. The minimum Gasteiger partial charge on any atom is -0.489 e. The van der Waals surface area contributed by atoms with Gasteiger partial charge in [-0.3, -0.25) is 4.79 Å². The van der Waals surface area contributed by atoms with Gasteiger partial charge in [0, 0.05) is 17.7 Å². The van der Waals surface area contributed by atoms with Crippen LogP contribution in [0.2, 0.25) is 0 Å². The molecule has 0 aliphatic carbocycles. The predicted molar refractivity (Wildman–Crippen MR) is 107 cm³/mol. The molecule has 0 bridgehead atoms. The normalized spacial score (nSPS) is 11.6. The van der Waals surface area contributed by atoms with Gasteiger partial charge in [-0.1, -0.05) is 66.7 Å². The van der Waals surface area contributed by atoms with Crippen molar-refractivity contribution in [3.63, 3.8) is 0 Å². The summed E-state index contributed by atoms with van der Waals surface area (Å²) in [5, 5.41) is 9.06. The van der Waals surface area contributed by atoms with Gasteiger partial charge in [0.1, 0.15) is 24.7 Å². The number of benzene rings is 3. The summed E-state index contributed by atoms with van der Waals surface area (Å²) in [5.74, 6) is 0.215. The van der Waals surface area contributed by atoms with E-state index >= 15 is 0 Å². The van der Waals surface area contributed by atoms with Crippen molar-refractivity contribution in [3.8, 4) is 11.5 Å². The van der Waals surface area contributed by atoms with Crippen molar-refractivity contribution in [2.45, 2.75) is 25.7 Å². The summed E-state index contributed by atoms with van der Waals surface area (Å²) in [6.45, 7) is 0.787. The molecule has 0 saturated heterocycles. The Hall–Kier alpha value is -3.31. The van der Waals surface area contributed by atoms with Gasteiger partial charge in [-0.15, -0.1) is 0 Å². The molecule has 0 unspecified atom stereocenters. The van der Waals surface area contributed by atoms with Gasteiger partial charge in [-0.05, 0) is 17.2 Å². The zero-order chi connectivity index (χ0) is 19.8. The molecule has 0 amide bonds. The average Bonchev–Trinajstić information content (AvgIpc) is 2.72. The van der Waals surface area contributed by atoms with Crippen LogP contribution in [0, 0.1) is 0 Å². The Morgan fingerprint density at radius 2 is 1.43 bits per heavy atom. The maximum Gasteiger partial charge on any atom is 0.305 e. The molecular formula is C23H23NO4. The van der Waals surface area contributed by atoms with E-state index in [1.165, 1.54) is 0 Å². The lowest BCUT2D eigenvalue weighted by Gasteiger charge is -2.17. The second-order valence-electron chi connectivity index (χ2n) is 6.45. The average molecular weight is 377 g/mol. The van der Waals surface area contributed by atoms with Gasteiger partial charge in [0.2, 0.25) is 0 Å². The number of hydrogen-bond acceptors (Lipinski definition) is 4. The molecule has 0 aliphatic heterocycles. The first kappa shape index (κ1) is 19.5. The molecule has 3 aromatic rings. The molecule has 5 heteroatoms. The minimum atomic E-state index is -0.953. The highest BCUT2D eigenvalue weighted by Gasteiger charge is 2.17. The molecule has 0 fully saturated rings. The monoisotopic (exact) mass is 377 g/mol. The van der Waals surface area contributed by atoms with E-state index in [-0.39, 0.29) is 6.42 Å². The van der Waals surface area contributed by atoms with Crippen LogP contribution in [0.15, 0.2) is 78.9 Å². The first-order valence-corrected chi connectivity index (χ1v) is 9.06. The quantitative estimate of drug-likeness (QED) is 0.580. The second-order valence-corrected chi connectivity index (χ2v) is 6.45. The first-order valence-electron chi connectivity index (χ1n) is 9.06. The number of rotatable bonds is 9. The number of ether oxygens (including phenoxy) is 2. The van der Waals surface area contributed by atoms with Crippen LogP contribution in [0.5, 0.6) is 11.5 Å². The van der Waals surface area contributed by atoms with Gasteiger partial charge >= 0.3 is 5.97 Å². The van der Waals surface area contributed by atoms with E-state index in [1.807, 2.05) is 60.7 Å². The van der Waals surface area contributed by atoms with Crippen molar-refractivity contribution in [2.24, 2.45) is 5.73 Å². The summed E-state index contributed by atoms with van der Waals surface area (Å²) in [5.41, 5.74) is 8.79. The third kappa shape index (κ3) is 5.59. The van der Waals surface area contributed by atoms with E-state index < -0.39 is 12.0 Å². The van der Waals surface area contributed by atoms with E-state index in [0.29, 0.717) is 30.3 Å². The Kier molecular flexibility index (Phi) is 6.65. The smallest absolute Gasteiger partial charge is 0.305 e. The number of hydrogen-bond donors (Lipinski definition) is 2. The highest BCUT2D eigenvalue weighted by molar-refractivity contribution is 5.68. The molecule has 3 rings (SSSR count). The molecule has 144 valence electrons. The number of carbonyl (C=O) groups is 1. The van der Waals surface area contributed by atoms with Crippen molar-refractivity contribution in [1.82, 2.24) is 0 Å². The van der Waals surface area contributed by atoms with E-state index in [4.69, 9.17) is 20.3 Å². The van der Waals surface area contributed by atoms with Crippen LogP contribution < -0.4 is 15.2 Å². The van der Waals surface area contributed by atoms with Crippen LogP contribution in [0.4, 0.5) is 0 Å². The summed E-state index contributed by atoms with van der Waals surface area (Å²) < 4.78 is 11.8. The van der Waals surface area contributed by atoms with Crippen LogP contribution in [-0.4, -0.2) is 11.1 Å². The molecule has 28 heavy (non-hydrogen) atoms. The molecule has 1 atom stereocenters. The van der Waals surface area contributed by atoms with Gasteiger partial charge in [0.05, 0.1) is 6.42 Å². The Labute approximate surface area is 164 Å². The number of carboxylic acids is 1. The maximum atomic E-state index is 11.1. The topological polar surface area (TPSA) is 81.8 Å². The molecule has 0 radical (unpaired) electrons. The largest absolute Gasteiger partial charge is 0.489 e. The lowest BCUT2D eigenvalue weighted by Crippen LogP contribution is -2.16. The van der Waals surface area contributed by atoms with Crippen molar-refractivity contribution >= 4 is 5.97 Å². The van der Waals surface area contributed by atoms with Crippen LogP contribution in [0.25, 0.3) is 0 Å². The Bertz CT molecular complexity index is 897. The first-order chi connectivity index (χ1) is 13.6. The predicted octanol–water partition coefficient (Wildman–Crippen LogP) is 4.32. The third-order valence-corrected chi connectivity index (χ3v) is 4.26. The molecule has 0 heterocycles. The fraction of sp³-hybridized carbons (Fsp3) is 0.174. The SMILES string of the molecule is N[C@@H](CC(=O)O)c1ccc(OCc2ccccc2)cc1OCc1ccccc1. The molecular weight excluding hydrogens is 354 g/mol. The Morgan fingerprint density at radius 3 is 2.00 bits per heavy atom. The maximum absolute atomic E-state index is 11.1. The third-order valence-electron chi connectivity index (χ3n) is 4.26. The van der Waals surface area contributed by atoms with Gasteiger partial charge in [0.25, 0.3) is 0 Å². The molecule has 0 saturated carbocycles. The summed E-state index contributed by atoms with van der Waals surface area (Å²) in [7, 11) is 0. The van der Waals surface area contributed by atoms with Crippen molar-refractivity contribution in [2.75, 3.05) is 0 Å². The van der Waals surface area contributed by atoms with Gasteiger partial charge in [-0.25, -0.2) is 0 Å². The van der Waals surface area contributed by atoms with Gasteiger partial charge in [0.15, 0.2) is 0 Å². The molecule has 0 aliphatic rings. The summed E-state index contributed by atoms with van der Waals surface area (Å²) in [6, 6.07) is 24.3. The minimum absolute atomic E-state index is 0.175. The van der Waals surface area contributed by atoms with E-state index in [0.717, 1.165) is 11.1 Å². The molecule has 5 nitrogen and oxygen atoms in total. The lowest BCUT2D eigenvalue weighted by molar-refractivity contribution is -0.137. The fourth-order valence-electron chi connectivity index (χ4n) is 2.81. The van der Waals surface area contributed by atoms with Crippen molar-refractivity contribution in [1.29, 1.82) is 0 Å². The standard InChI is InChI=1S/C23H23NO4/c24-21(14-23(25)26)20-12-11-19(27-15-17-7-3-1-4-8-17)13-22(20)28-16-18-9-5-2-6-10-18/h1-13,21H,14-16,24H2,(H,25,26)/t21-/m0/s1. The Balaban J connectivity index is 1.77. The zero-order valence-electron chi connectivity index (χ0n) is 15.5. The zero-order valence-corrected chi connectivity index (χ0v) is 15.5. The van der Waals surface area contributed by atoms with Crippen LogP contribution in [0.1, 0.15) is 29.2 Å². The van der Waals surface area contributed by atoms with E-state index in [9.17, 15) is 4.79 Å². The molecule has 3 N–H and O–H groups in total. The summed E-state index contributed by atoms with van der Waals surface area (Å²) >= 11 is 0. The van der Waals surface area contributed by atoms with E-state index in [2.05, 4.69) is 0 Å². The van der Waals surface area contributed by atoms with Crippen LogP contribution in [-0.2, 0) is 18.0 Å². The Morgan fingerprint density at radius 1 is 0.857 bits per heavy atom. The van der Waals surface area contributed by atoms with Crippen molar-refractivity contribution < 1.29 is 19.4 Å². The summed E-state index contributed by atoms with van der Waals surface area (Å²) in [4.78, 5) is 11.1. The molecule has 3 aromatic carbocycles. The van der Waals surface area contributed by atoms with Crippen molar-refractivity contribution in [3.05, 3.63) is 95.6 Å².